The van der Waals surface area contributed by atoms with Crippen molar-refractivity contribution < 1.29 is 28.3 Å². The largest absolute Gasteiger partial charge is 0.480 e. The molecule has 0 spiro atoms. The third-order valence-corrected chi connectivity index (χ3v) is 4.29. The molecule has 0 saturated heterocycles. The Morgan fingerprint density at radius 1 is 1.43 bits per heavy atom. The third kappa shape index (κ3) is 3.97. The molecule has 21 heavy (non-hydrogen) atoms. The summed E-state index contributed by atoms with van der Waals surface area (Å²) in [4.78, 5) is 20.4. The lowest BCUT2D eigenvalue weighted by Crippen LogP contribution is -2.47. The van der Waals surface area contributed by atoms with Gasteiger partial charge in [0.25, 0.3) is 5.69 Å². The molecule has 0 aliphatic carbocycles. The van der Waals surface area contributed by atoms with Gasteiger partial charge in [0.1, 0.15) is 6.04 Å². The maximum Gasteiger partial charge on any atom is 0.324 e. The van der Waals surface area contributed by atoms with Crippen molar-refractivity contribution >= 4 is 21.7 Å². The van der Waals surface area contributed by atoms with Crippen LogP contribution in [0.4, 0.5) is 5.69 Å². The topological polar surface area (TPSA) is 147 Å². The van der Waals surface area contributed by atoms with Gasteiger partial charge in [0, 0.05) is 12.1 Å². The molecular weight excluding hydrogens is 304 g/mol. The second-order valence-corrected chi connectivity index (χ2v) is 6.07. The maximum absolute atomic E-state index is 12.1. The van der Waals surface area contributed by atoms with Crippen LogP contribution in [-0.2, 0) is 14.8 Å². The minimum Gasteiger partial charge on any atom is -0.480 e. The van der Waals surface area contributed by atoms with Crippen LogP contribution < -0.4 is 4.72 Å². The van der Waals surface area contributed by atoms with E-state index in [2.05, 4.69) is 0 Å². The second-order valence-electron chi connectivity index (χ2n) is 4.38. The molecule has 10 heteroatoms. The Bertz CT molecular complexity index is 669. The van der Waals surface area contributed by atoms with Crippen LogP contribution in [0, 0.1) is 17.0 Å². The number of nitro groups is 1. The Morgan fingerprint density at radius 3 is 2.43 bits per heavy atom. The minimum absolute atomic E-state index is 0.211. The van der Waals surface area contributed by atoms with Crippen molar-refractivity contribution in [2.75, 3.05) is 0 Å². The van der Waals surface area contributed by atoms with Gasteiger partial charge >= 0.3 is 5.97 Å². The zero-order valence-electron chi connectivity index (χ0n) is 11.2. The summed E-state index contributed by atoms with van der Waals surface area (Å²) in [6.07, 6.45) is -1.48. The molecule has 0 aliphatic heterocycles. The monoisotopic (exact) mass is 318 g/mol. The van der Waals surface area contributed by atoms with Gasteiger partial charge in [0.2, 0.25) is 10.0 Å². The van der Waals surface area contributed by atoms with E-state index in [0.29, 0.717) is 0 Å². The number of rotatable bonds is 6. The molecular formula is C11H14N2O7S. The molecule has 0 heterocycles. The van der Waals surface area contributed by atoms with Crippen molar-refractivity contribution in [1.29, 1.82) is 0 Å². The molecule has 0 bridgehead atoms. The molecule has 0 amide bonds. The lowest BCUT2D eigenvalue weighted by Gasteiger charge is -2.17. The summed E-state index contributed by atoms with van der Waals surface area (Å²) in [5.41, 5.74) is -0.229. The Hall–Kier alpha value is -2.04. The molecule has 0 unspecified atom stereocenters. The number of nitrogens with one attached hydrogen (secondary N) is 1. The zero-order valence-corrected chi connectivity index (χ0v) is 12.0. The Balaban J connectivity index is 3.27. The number of aryl methyl sites for hydroxylation is 1. The fourth-order valence-electron chi connectivity index (χ4n) is 1.58. The Kier molecular flexibility index (Phi) is 4.99. The van der Waals surface area contributed by atoms with Crippen molar-refractivity contribution in [2.24, 2.45) is 0 Å². The van der Waals surface area contributed by atoms with E-state index >= 15 is 0 Å². The molecule has 1 rings (SSSR count). The highest BCUT2D eigenvalue weighted by Crippen LogP contribution is 2.22. The first-order valence-corrected chi connectivity index (χ1v) is 7.23. The normalized spacial score (nSPS) is 14.4. The summed E-state index contributed by atoms with van der Waals surface area (Å²) in [5.74, 6) is -1.56. The van der Waals surface area contributed by atoms with Crippen molar-refractivity contribution in [3.8, 4) is 0 Å². The van der Waals surface area contributed by atoms with Gasteiger partial charge in [-0.05, 0) is 19.4 Å². The molecule has 0 aliphatic rings. The SMILES string of the molecule is Cc1ccc([N+](=O)[O-])cc1S(=O)(=O)N[C@H](C(=O)O)[C@@H](C)O. The van der Waals surface area contributed by atoms with Crippen LogP contribution in [0.3, 0.4) is 0 Å². The van der Waals surface area contributed by atoms with Gasteiger partial charge in [-0.25, -0.2) is 8.42 Å². The first-order valence-electron chi connectivity index (χ1n) is 5.74. The van der Waals surface area contributed by atoms with E-state index in [0.717, 1.165) is 19.1 Å². The van der Waals surface area contributed by atoms with Crippen LogP contribution in [0.15, 0.2) is 23.1 Å². The average molecular weight is 318 g/mol. The van der Waals surface area contributed by atoms with Gasteiger partial charge in [-0.3, -0.25) is 14.9 Å². The van der Waals surface area contributed by atoms with E-state index in [1.165, 1.54) is 13.0 Å². The van der Waals surface area contributed by atoms with Crippen LogP contribution in [0.1, 0.15) is 12.5 Å². The fourth-order valence-corrected chi connectivity index (χ4v) is 3.10. The van der Waals surface area contributed by atoms with Crippen LogP contribution in [0.5, 0.6) is 0 Å². The first-order chi connectivity index (χ1) is 9.56. The highest BCUT2D eigenvalue weighted by molar-refractivity contribution is 7.89. The van der Waals surface area contributed by atoms with Gasteiger partial charge in [0.15, 0.2) is 0 Å². The van der Waals surface area contributed by atoms with Crippen molar-refractivity contribution in [2.45, 2.75) is 30.9 Å². The minimum atomic E-state index is -4.33. The van der Waals surface area contributed by atoms with Gasteiger partial charge in [-0.1, -0.05) is 6.07 Å². The van der Waals surface area contributed by atoms with Crippen LogP contribution in [0.25, 0.3) is 0 Å². The lowest BCUT2D eigenvalue weighted by atomic mass is 10.2. The number of non-ortho nitro benzene ring substituents is 1. The summed E-state index contributed by atoms with van der Waals surface area (Å²) in [5, 5.41) is 28.8. The summed E-state index contributed by atoms with van der Waals surface area (Å²) in [6, 6.07) is 1.45. The number of benzene rings is 1. The smallest absolute Gasteiger partial charge is 0.324 e. The predicted molar refractivity (Wildman–Crippen MR) is 71.3 cm³/mol. The highest BCUT2D eigenvalue weighted by Gasteiger charge is 2.30. The van der Waals surface area contributed by atoms with E-state index in [-0.39, 0.29) is 5.56 Å². The summed E-state index contributed by atoms with van der Waals surface area (Å²) in [7, 11) is -4.33. The Morgan fingerprint density at radius 2 is 2.00 bits per heavy atom. The number of carboxylic acid groups (broad SMARTS) is 1. The zero-order chi connectivity index (χ0) is 16.4. The van der Waals surface area contributed by atoms with Crippen molar-refractivity contribution in [3.05, 3.63) is 33.9 Å². The molecule has 3 N–H and O–H groups in total. The predicted octanol–water partition coefficient (Wildman–Crippen LogP) is 0.0155. The van der Waals surface area contributed by atoms with E-state index in [4.69, 9.17) is 5.11 Å². The Labute approximate surface area is 120 Å². The molecule has 0 saturated carbocycles. The highest BCUT2D eigenvalue weighted by atomic mass is 32.2. The van der Waals surface area contributed by atoms with E-state index in [1.54, 1.807) is 0 Å². The number of carboxylic acids is 1. The molecule has 1 aromatic carbocycles. The molecule has 0 fully saturated rings. The van der Waals surface area contributed by atoms with E-state index < -0.39 is 43.6 Å². The number of hydrogen-bond acceptors (Lipinski definition) is 6. The van der Waals surface area contributed by atoms with Crippen molar-refractivity contribution in [1.82, 2.24) is 4.72 Å². The maximum atomic E-state index is 12.1. The lowest BCUT2D eigenvalue weighted by molar-refractivity contribution is -0.385. The van der Waals surface area contributed by atoms with Gasteiger partial charge in [-0.2, -0.15) is 4.72 Å². The van der Waals surface area contributed by atoms with Crippen LogP contribution in [-0.4, -0.2) is 41.7 Å². The number of aliphatic carboxylic acids is 1. The molecule has 0 radical (unpaired) electrons. The second kappa shape index (κ2) is 6.16. The quantitative estimate of drug-likeness (QED) is 0.494. The number of carbonyl (C=O) groups is 1. The number of nitrogens with zero attached hydrogens (tertiary/aromatic N) is 1. The van der Waals surface area contributed by atoms with Crippen molar-refractivity contribution in [3.63, 3.8) is 0 Å². The third-order valence-electron chi connectivity index (χ3n) is 2.70. The molecule has 0 aromatic heterocycles. The number of sulfonamides is 1. The summed E-state index contributed by atoms with van der Waals surface area (Å²) in [6.45, 7) is 2.53. The average Bonchev–Trinajstić information content (AvgIpc) is 2.35. The van der Waals surface area contributed by atoms with Gasteiger partial charge in [0.05, 0.1) is 15.9 Å². The number of nitro benzene ring substituents is 1. The number of hydrogen-bond donors (Lipinski definition) is 3. The molecule has 2 atom stereocenters. The molecule has 9 nitrogen and oxygen atoms in total. The summed E-state index contributed by atoms with van der Waals surface area (Å²) < 4.78 is 26.1. The molecule has 1 aromatic rings. The fraction of sp³-hybridized carbons (Fsp3) is 0.364. The van der Waals surface area contributed by atoms with E-state index in [9.17, 15) is 28.4 Å². The molecule has 116 valence electrons. The summed E-state index contributed by atoms with van der Waals surface area (Å²) >= 11 is 0. The van der Waals surface area contributed by atoms with Gasteiger partial charge in [-0.15, -0.1) is 0 Å². The van der Waals surface area contributed by atoms with E-state index in [1.807, 2.05) is 4.72 Å². The first kappa shape index (κ1) is 17.0. The standard InChI is InChI=1S/C11H14N2O7S/c1-6-3-4-8(13(17)18)5-9(6)21(19,20)12-10(7(2)14)11(15)16/h3-5,7,10,12,14H,1-2H3,(H,15,16)/t7-,10+/m1/s1. The van der Waals surface area contributed by atoms with Crippen LogP contribution in [0.2, 0.25) is 0 Å². The number of aliphatic hydroxyl groups is 1. The van der Waals surface area contributed by atoms with Gasteiger partial charge < -0.3 is 10.2 Å². The van der Waals surface area contributed by atoms with Crippen LogP contribution >= 0.6 is 0 Å². The number of aliphatic hydroxyl groups excluding tert-OH is 1.